The first-order chi connectivity index (χ1) is 14.2. The van der Waals surface area contributed by atoms with Crippen LogP contribution in [0.5, 0.6) is 0 Å². The smallest absolute Gasteiger partial charge is 0.271 e. The number of nitrogens with zero attached hydrogens (tertiary/aromatic N) is 3. The molecule has 3 heterocycles. The second kappa shape index (κ2) is 7.76. The number of hydrogen-bond acceptors (Lipinski definition) is 5. The molecule has 2 fully saturated rings. The number of rotatable bonds is 3. The summed E-state index contributed by atoms with van der Waals surface area (Å²) in [5, 5.41) is 17.7. The third-order valence-corrected chi connectivity index (χ3v) is 6.49. The van der Waals surface area contributed by atoms with Gasteiger partial charge in [-0.3, -0.25) is 9.89 Å². The minimum atomic E-state index is -0.881. The lowest BCUT2D eigenvalue weighted by atomic mass is 9.77. The largest absolute Gasteiger partial charge is 0.386 e. The zero-order valence-corrected chi connectivity index (χ0v) is 17.7. The number of amides is 1. The minimum absolute atomic E-state index is 0.0133. The first kappa shape index (κ1) is 21.0. The molecule has 1 spiro atoms. The van der Waals surface area contributed by atoms with E-state index in [1.165, 1.54) is 12.1 Å². The van der Waals surface area contributed by atoms with Crippen molar-refractivity contribution in [2.75, 3.05) is 33.8 Å². The summed E-state index contributed by atoms with van der Waals surface area (Å²) in [6.45, 7) is 3.30. The van der Waals surface area contributed by atoms with Crippen LogP contribution >= 0.6 is 0 Å². The quantitative estimate of drug-likeness (QED) is 0.802. The second-order valence-corrected chi connectivity index (χ2v) is 8.98. The molecule has 2 aliphatic rings. The number of carbonyl (C=O) groups is 1. The third-order valence-electron chi connectivity index (χ3n) is 6.49. The lowest BCUT2D eigenvalue weighted by molar-refractivity contribution is -0.205. The molecule has 162 valence electrons. The molecule has 2 atom stereocenters. The molecule has 0 saturated carbocycles. The highest BCUT2D eigenvalue weighted by Crippen LogP contribution is 2.40. The second-order valence-electron chi connectivity index (χ2n) is 8.98. The van der Waals surface area contributed by atoms with Crippen LogP contribution in [0, 0.1) is 5.82 Å². The number of piperidine rings is 1. The van der Waals surface area contributed by atoms with Gasteiger partial charge >= 0.3 is 0 Å². The minimum Gasteiger partial charge on any atom is -0.386 e. The Morgan fingerprint density at radius 2 is 1.97 bits per heavy atom. The Labute approximate surface area is 175 Å². The first-order valence-electron chi connectivity index (χ1n) is 10.3. The fourth-order valence-electron chi connectivity index (χ4n) is 4.60. The number of H-pyrrole nitrogens is 1. The van der Waals surface area contributed by atoms with Crippen LogP contribution in [-0.2, 0) is 4.74 Å². The Balaban J connectivity index is 1.41. The predicted octanol–water partition coefficient (Wildman–Crippen LogP) is 2.29. The lowest BCUT2D eigenvalue weighted by Crippen LogP contribution is -2.63. The number of benzene rings is 1. The van der Waals surface area contributed by atoms with Gasteiger partial charge < -0.3 is 19.6 Å². The van der Waals surface area contributed by atoms with E-state index in [0.717, 1.165) is 24.8 Å². The first-order valence-corrected chi connectivity index (χ1v) is 10.3. The molecule has 0 bridgehead atoms. The molecule has 30 heavy (non-hydrogen) atoms. The summed E-state index contributed by atoms with van der Waals surface area (Å²) in [6, 6.07) is 7.74. The zero-order chi connectivity index (χ0) is 21.5. The van der Waals surface area contributed by atoms with Gasteiger partial charge in [-0.1, -0.05) is 0 Å². The standard InChI is InChI=1S/C22H29FN4O3/c1-21(29)14-30-22(13-19(21)26(2)3)8-10-27(11-9-22)20(28)18-12-17(24-25-18)15-4-6-16(23)7-5-15/h4-7,12,19,29H,8-11,13-14H2,1-3H3,(H,24,25)/t19-,21-/m0/s1. The van der Waals surface area contributed by atoms with Gasteiger partial charge in [0.1, 0.15) is 17.1 Å². The van der Waals surface area contributed by atoms with E-state index in [2.05, 4.69) is 15.1 Å². The number of aromatic amines is 1. The molecule has 0 unspecified atom stereocenters. The SMILES string of the molecule is CN(C)[C@H]1CC2(CCN(C(=O)c3cc(-c4ccc(F)cc4)n[nH]3)CC2)OC[C@]1(C)O. The summed E-state index contributed by atoms with van der Waals surface area (Å²) in [5.41, 5.74) is 0.597. The Bertz CT molecular complexity index is 901. The summed E-state index contributed by atoms with van der Waals surface area (Å²) in [7, 11) is 3.96. The van der Waals surface area contributed by atoms with Crippen molar-refractivity contribution in [3.63, 3.8) is 0 Å². The van der Waals surface area contributed by atoms with Gasteiger partial charge in [-0.05, 0) is 70.6 Å². The van der Waals surface area contributed by atoms with E-state index in [1.807, 2.05) is 25.9 Å². The van der Waals surface area contributed by atoms with Crippen molar-refractivity contribution >= 4 is 5.91 Å². The van der Waals surface area contributed by atoms with Crippen molar-refractivity contribution in [1.82, 2.24) is 20.0 Å². The molecular weight excluding hydrogens is 387 g/mol. The van der Waals surface area contributed by atoms with Crippen LogP contribution < -0.4 is 0 Å². The monoisotopic (exact) mass is 416 g/mol. The predicted molar refractivity (Wildman–Crippen MR) is 111 cm³/mol. The molecule has 2 aliphatic heterocycles. The molecule has 1 amide bonds. The van der Waals surface area contributed by atoms with Gasteiger partial charge in [0.25, 0.3) is 5.91 Å². The van der Waals surface area contributed by atoms with Gasteiger partial charge in [0.15, 0.2) is 0 Å². The number of ether oxygens (including phenoxy) is 1. The average molecular weight is 416 g/mol. The van der Waals surface area contributed by atoms with Crippen molar-refractivity contribution in [2.45, 2.75) is 43.4 Å². The number of aromatic nitrogens is 2. The molecule has 0 aliphatic carbocycles. The Hall–Kier alpha value is -2.29. The molecule has 2 aromatic rings. The van der Waals surface area contributed by atoms with Crippen LogP contribution in [0.25, 0.3) is 11.3 Å². The molecular formula is C22H29FN4O3. The van der Waals surface area contributed by atoms with E-state index < -0.39 is 5.60 Å². The summed E-state index contributed by atoms with van der Waals surface area (Å²) >= 11 is 0. The van der Waals surface area contributed by atoms with Crippen molar-refractivity contribution in [1.29, 1.82) is 0 Å². The summed E-state index contributed by atoms with van der Waals surface area (Å²) in [4.78, 5) is 16.8. The van der Waals surface area contributed by atoms with Crippen LogP contribution in [0.2, 0.25) is 0 Å². The number of nitrogens with one attached hydrogen (secondary N) is 1. The maximum absolute atomic E-state index is 13.1. The summed E-state index contributed by atoms with van der Waals surface area (Å²) < 4.78 is 19.3. The van der Waals surface area contributed by atoms with Gasteiger partial charge in [0.2, 0.25) is 0 Å². The summed E-state index contributed by atoms with van der Waals surface area (Å²) in [6.07, 6.45) is 2.21. The van der Waals surface area contributed by atoms with Crippen molar-refractivity contribution in [2.24, 2.45) is 0 Å². The lowest BCUT2D eigenvalue weighted by Gasteiger charge is -2.52. The molecule has 2 N–H and O–H groups in total. The maximum atomic E-state index is 13.1. The maximum Gasteiger partial charge on any atom is 0.271 e. The highest BCUT2D eigenvalue weighted by atomic mass is 19.1. The van der Waals surface area contributed by atoms with Crippen molar-refractivity contribution in [3.8, 4) is 11.3 Å². The Morgan fingerprint density at radius 1 is 1.30 bits per heavy atom. The van der Waals surface area contributed by atoms with E-state index in [-0.39, 0.29) is 23.4 Å². The van der Waals surface area contributed by atoms with E-state index >= 15 is 0 Å². The number of halogens is 1. The highest BCUT2D eigenvalue weighted by molar-refractivity contribution is 5.93. The third kappa shape index (κ3) is 3.99. The zero-order valence-electron chi connectivity index (χ0n) is 17.7. The fraction of sp³-hybridized carbons (Fsp3) is 0.545. The van der Waals surface area contributed by atoms with E-state index in [4.69, 9.17) is 4.74 Å². The van der Waals surface area contributed by atoms with Gasteiger partial charge in [-0.25, -0.2) is 4.39 Å². The number of carbonyl (C=O) groups excluding carboxylic acids is 1. The molecule has 1 aromatic heterocycles. The van der Waals surface area contributed by atoms with E-state index in [0.29, 0.717) is 31.1 Å². The highest BCUT2D eigenvalue weighted by Gasteiger charge is 2.49. The van der Waals surface area contributed by atoms with Gasteiger partial charge in [0.05, 0.1) is 17.9 Å². The molecule has 8 heteroatoms. The van der Waals surface area contributed by atoms with Gasteiger partial charge in [-0.15, -0.1) is 0 Å². The molecule has 7 nitrogen and oxygen atoms in total. The van der Waals surface area contributed by atoms with Gasteiger partial charge in [-0.2, -0.15) is 5.10 Å². The molecule has 4 rings (SSSR count). The van der Waals surface area contributed by atoms with E-state index in [9.17, 15) is 14.3 Å². The number of likely N-dealkylation sites (tertiary alicyclic amines) is 1. The van der Waals surface area contributed by atoms with Gasteiger partial charge in [0, 0.05) is 24.7 Å². The fourth-order valence-corrected chi connectivity index (χ4v) is 4.60. The topological polar surface area (TPSA) is 81.7 Å². The van der Waals surface area contributed by atoms with Crippen molar-refractivity contribution in [3.05, 3.63) is 41.8 Å². The van der Waals surface area contributed by atoms with Crippen molar-refractivity contribution < 1.29 is 19.0 Å². The average Bonchev–Trinajstić information content (AvgIpc) is 3.21. The Kier molecular flexibility index (Phi) is 5.42. The van der Waals surface area contributed by atoms with Crippen LogP contribution in [0.3, 0.4) is 0 Å². The molecule has 0 radical (unpaired) electrons. The normalized spacial score (nSPS) is 26.3. The Morgan fingerprint density at radius 3 is 2.60 bits per heavy atom. The number of hydrogen-bond donors (Lipinski definition) is 2. The van der Waals surface area contributed by atoms with Crippen LogP contribution in [0.1, 0.15) is 36.7 Å². The molecule has 2 saturated heterocycles. The van der Waals surface area contributed by atoms with Crippen LogP contribution in [0.15, 0.2) is 30.3 Å². The number of likely N-dealkylation sites (N-methyl/N-ethyl adjacent to an activating group) is 1. The number of aliphatic hydroxyl groups is 1. The van der Waals surface area contributed by atoms with Crippen LogP contribution in [-0.4, -0.2) is 82.0 Å². The summed E-state index contributed by atoms with van der Waals surface area (Å²) in [5.74, 6) is -0.409. The molecule has 1 aromatic carbocycles. The van der Waals surface area contributed by atoms with E-state index in [1.54, 1.807) is 18.2 Å². The van der Waals surface area contributed by atoms with Crippen LogP contribution in [0.4, 0.5) is 4.39 Å².